The maximum Gasteiger partial charge on any atom is 0.337 e. The number of furan rings is 1. The molecule has 0 bridgehead atoms. The summed E-state index contributed by atoms with van der Waals surface area (Å²) in [4.78, 5) is 31.1. The zero-order chi connectivity index (χ0) is 20.5. The number of halogens is 1. The van der Waals surface area contributed by atoms with Crippen LogP contribution in [0.5, 0.6) is 5.75 Å². The highest BCUT2D eigenvalue weighted by atomic mass is 35.5. The van der Waals surface area contributed by atoms with E-state index < -0.39 is 5.97 Å². The quantitative estimate of drug-likeness (QED) is 0.506. The molecule has 146 valence electrons. The third-order valence-corrected chi connectivity index (χ3v) is 4.66. The summed E-state index contributed by atoms with van der Waals surface area (Å²) in [5.74, 6) is 0.707. The highest BCUT2D eigenvalue weighted by Gasteiger charge is 2.13. The molecular weight excluding hydrogens is 396 g/mol. The topological polar surface area (TPSA) is 94.4 Å². The van der Waals surface area contributed by atoms with Crippen LogP contribution in [0.2, 0.25) is 0 Å². The second-order valence-corrected chi connectivity index (χ2v) is 6.56. The minimum absolute atomic E-state index is 0.151. The Kier molecular flexibility index (Phi) is 4.82. The van der Waals surface area contributed by atoms with Gasteiger partial charge in [-0.3, -0.25) is 4.79 Å². The van der Waals surface area contributed by atoms with E-state index >= 15 is 0 Å². The molecule has 0 atom stereocenters. The maximum absolute atomic E-state index is 12.4. The number of methoxy groups -OCH3 is 2. The number of carbonyl (C=O) groups is 1. The van der Waals surface area contributed by atoms with Crippen molar-refractivity contribution in [2.24, 2.45) is 0 Å². The number of aromatic nitrogens is 2. The number of carbonyl (C=O) groups excluding carboxylic acids is 1. The van der Waals surface area contributed by atoms with Crippen molar-refractivity contribution in [3.63, 3.8) is 0 Å². The number of fused-ring (bicyclic) bond motifs is 2. The molecule has 29 heavy (non-hydrogen) atoms. The van der Waals surface area contributed by atoms with Gasteiger partial charge in [-0.25, -0.2) is 9.78 Å². The van der Waals surface area contributed by atoms with Crippen molar-refractivity contribution in [3.8, 4) is 5.75 Å². The minimum Gasteiger partial charge on any atom is -0.493 e. The Labute approximate surface area is 169 Å². The summed E-state index contributed by atoms with van der Waals surface area (Å²) in [7, 11) is 2.84. The Morgan fingerprint density at radius 3 is 2.79 bits per heavy atom. The van der Waals surface area contributed by atoms with Crippen LogP contribution in [0.1, 0.15) is 21.9 Å². The van der Waals surface area contributed by atoms with Crippen LogP contribution in [0.25, 0.3) is 33.0 Å². The second-order valence-electron chi connectivity index (χ2n) is 6.16. The van der Waals surface area contributed by atoms with Gasteiger partial charge in [0.1, 0.15) is 5.76 Å². The van der Waals surface area contributed by atoms with Gasteiger partial charge in [0.05, 0.1) is 35.7 Å². The van der Waals surface area contributed by atoms with E-state index in [4.69, 9.17) is 25.5 Å². The molecule has 0 radical (unpaired) electrons. The molecule has 2 aromatic heterocycles. The Hall–Kier alpha value is -3.58. The van der Waals surface area contributed by atoms with Crippen LogP contribution < -0.4 is 10.3 Å². The monoisotopic (exact) mass is 410 g/mol. The van der Waals surface area contributed by atoms with Crippen LogP contribution in [0.3, 0.4) is 0 Å². The fraction of sp³-hybridized carbons (Fsp3) is 0.0952. The molecule has 0 aliphatic heterocycles. The number of para-hydroxylation sites is 1. The van der Waals surface area contributed by atoms with E-state index in [0.29, 0.717) is 28.0 Å². The molecule has 8 heteroatoms. The molecule has 1 N–H and O–H groups in total. The number of hydrogen-bond donors (Lipinski definition) is 1. The summed E-state index contributed by atoms with van der Waals surface area (Å²) in [6.07, 6.45) is 1.55. The fourth-order valence-electron chi connectivity index (χ4n) is 2.98. The summed E-state index contributed by atoms with van der Waals surface area (Å²) in [5, 5.41) is 1.35. The molecule has 4 rings (SSSR count). The van der Waals surface area contributed by atoms with Crippen molar-refractivity contribution in [1.82, 2.24) is 9.97 Å². The molecule has 7 nitrogen and oxygen atoms in total. The first-order chi connectivity index (χ1) is 14.0. The van der Waals surface area contributed by atoms with Crippen molar-refractivity contribution >= 4 is 50.6 Å². The molecule has 2 aromatic carbocycles. The van der Waals surface area contributed by atoms with Gasteiger partial charge in [0.2, 0.25) is 0 Å². The van der Waals surface area contributed by atoms with Crippen molar-refractivity contribution in [3.05, 3.63) is 70.0 Å². The normalized spacial score (nSPS) is 11.8. The smallest absolute Gasteiger partial charge is 0.337 e. The standard InChI is InChI=1S/C21H15ClN2O5/c1-27-17-5-3-4-11-8-13(29-18(11)17)10-15(22)19-23-16-9-12(21(26)28-2)6-7-14(16)20(25)24-19/h3-10H,1-2H3,(H,23,24,25)/b15-10-. The van der Waals surface area contributed by atoms with Gasteiger partial charge in [-0.15, -0.1) is 0 Å². The second kappa shape index (κ2) is 7.44. The molecule has 0 amide bonds. The lowest BCUT2D eigenvalue weighted by Gasteiger charge is -2.04. The van der Waals surface area contributed by atoms with Gasteiger partial charge in [-0.05, 0) is 30.3 Å². The molecule has 0 saturated heterocycles. The van der Waals surface area contributed by atoms with E-state index in [2.05, 4.69) is 9.97 Å². The number of benzene rings is 2. The average Bonchev–Trinajstić information content (AvgIpc) is 3.15. The average molecular weight is 411 g/mol. The summed E-state index contributed by atoms with van der Waals surface area (Å²) in [6, 6.07) is 11.8. The maximum atomic E-state index is 12.4. The molecule has 0 saturated carbocycles. The van der Waals surface area contributed by atoms with Crippen LogP contribution in [0, 0.1) is 0 Å². The minimum atomic E-state index is -0.520. The van der Waals surface area contributed by atoms with E-state index in [1.165, 1.54) is 25.3 Å². The Morgan fingerprint density at radius 1 is 1.21 bits per heavy atom. The van der Waals surface area contributed by atoms with Crippen molar-refractivity contribution < 1.29 is 18.7 Å². The highest BCUT2D eigenvalue weighted by Crippen LogP contribution is 2.30. The SMILES string of the molecule is COC(=O)c1ccc2c(=O)[nH]c(/C(Cl)=C/c3cc4cccc(OC)c4o3)nc2c1. The van der Waals surface area contributed by atoms with Gasteiger partial charge < -0.3 is 18.9 Å². The first-order valence-electron chi connectivity index (χ1n) is 8.56. The largest absolute Gasteiger partial charge is 0.493 e. The molecule has 0 spiro atoms. The Morgan fingerprint density at radius 2 is 2.03 bits per heavy atom. The number of nitrogens with zero attached hydrogens (tertiary/aromatic N) is 1. The third kappa shape index (κ3) is 3.48. The van der Waals surface area contributed by atoms with Crippen LogP contribution in [-0.2, 0) is 4.74 Å². The first-order valence-corrected chi connectivity index (χ1v) is 8.94. The Balaban J connectivity index is 1.79. The van der Waals surface area contributed by atoms with Crippen molar-refractivity contribution in [2.75, 3.05) is 14.2 Å². The first kappa shape index (κ1) is 18.8. The zero-order valence-electron chi connectivity index (χ0n) is 15.5. The third-order valence-electron chi connectivity index (χ3n) is 4.37. The molecule has 0 aliphatic rings. The van der Waals surface area contributed by atoms with E-state index in [-0.39, 0.29) is 22.0 Å². The van der Waals surface area contributed by atoms with Gasteiger partial charge in [0, 0.05) is 11.5 Å². The van der Waals surface area contributed by atoms with E-state index in [1.807, 2.05) is 12.1 Å². The van der Waals surface area contributed by atoms with Crippen molar-refractivity contribution in [1.29, 1.82) is 0 Å². The lowest BCUT2D eigenvalue weighted by molar-refractivity contribution is 0.0601. The van der Waals surface area contributed by atoms with Gasteiger partial charge in [-0.2, -0.15) is 0 Å². The molecule has 4 aromatic rings. The number of aromatic amines is 1. The molecule has 0 fully saturated rings. The van der Waals surface area contributed by atoms with Gasteiger partial charge >= 0.3 is 5.97 Å². The fourth-order valence-corrected chi connectivity index (χ4v) is 3.18. The zero-order valence-corrected chi connectivity index (χ0v) is 16.2. The number of nitrogens with one attached hydrogen (secondary N) is 1. The van der Waals surface area contributed by atoms with Gasteiger partial charge in [-0.1, -0.05) is 23.7 Å². The van der Waals surface area contributed by atoms with Gasteiger partial charge in [0.25, 0.3) is 5.56 Å². The summed E-state index contributed by atoms with van der Waals surface area (Å²) in [6.45, 7) is 0. The molecule has 0 aliphatic carbocycles. The predicted molar refractivity (Wildman–Crippen MR) is 110 cm³/mol. The van der Waals surface area contributed by atoms with Gasteiger partial charge in [0.15, 0.2) is 17.2 Å². The lowest BCUT2D eigenvalue weighted by Crippen LogP contribution is -2.11. The Bertz CT molecular complexity index is 1340. The number of rotatable bonds is 4. The highest BCUT2D eigenvalue weighted by molar-refractivity contribution is 6.50. The van der Waals surface area contributed by atoms with Crippen LogP contribution >= 0.6 is 11.6 Å². The summed E-state index contributed by atoms with van der Waals surface area (Å²) < 4.78 is 15.8. The van der Waals surface area contributed by atoms with Crippen LogP contribution in [-0.4, -0.2) is 30.2 Å². The van der Waals surface area contributed by atoms with E-state index in [1.54, 1.807) is 25.3 Å². The molecule has 2 heterocycles. The predicted octanol–water partition coefficient (Wildman–Crippen LogP) is 4.20. The number of esters is 1. The number of ether oxygens (including phenoxy) is 2. The summed E-state index contributed by atoms with van der Waals surface area (Å²) >= 11 is 6.39. The summed E-state index contributed by atoms with van der Waals surface area (Å²) in [5.41, 5.74) is 0.825. The van der Waals surface area contributed by atoms with E-state index in [0.717, 1.165) is 5.39 Å². The van der Waals surface area contributed by atoms with Crippen LogP contribution in [0.15, 0.2) is 51.7 Å². The van der Waals surface area contributed by atoms with Crippen LogP contribution in [0.4, 0.5) is 0 Å². The van der Waals surface area contributed by atoms with Crippen molar-refractivity contribution in [2.45, 2.75) is 0 Å². The van der Waals surface area contributed by atoms with E-state index in [9.17, 15) is 9.59 Å². The molecule has 0 unspecified atom stereocenters. The number of H-pyrrole nitrogens is 1. The lowest BCUT2D eigenvalue weighted by atomic mass is 10.1. The number of hydrogen-bond acceptors (Lipinski definition) is 6. The molecular formula is C21H15ClN2O5.